The van der Waals surface area contributed by atoms with Crippen LogP contribution in [0, 0.1) is 0 Å². The highest BCUT2D eigenvalue weighted by molar-refractivity contribution is 7.07. The van der Waals surface area contributed by atoms with Gasteiger partial charge in [0.15, 0.2) is 0 Å². The minimum absolute atomic E-state index is 0.222. The van der Waals surface area contributed by atoms with Crippen molar-refractivity contribution in [3.63, 3.8) is 0 Å². The minimum Gasteiger partial charge on any atom is -0.459 e. The number of thiophene rings is 1. The normalized spacial score (nSPS) is 12.5. The minimum atomic E-state index is -0.671. The van der Waals surface area contributed by atoms with Gasteiger partial charge in [-0.3, -0.25) is 10.1 Å². The Balaban J connectivity index is 2.53. The Morgan fingerprint density at radius 1 is 1.35 bits per heavy atom. The van der Waals surface area contributed by atoms with Crippen LogP contribution in [0.3, 0.4) is 0 Å². The summed E-state index contributed by atoms with van der Waals surface area (Å²) in [6.07, 6.45) is 0. The van der Waals surface area contributed by atoms with Crippen molar-refractivity contribution in [2.45, 2.75) is 52.3 Å². The van der Waals surface area contributed by atoms with Crippen molar-refractivity contribution in [1.29, 1.82) is 0 Å². The Labute approximate surface area is 107 Å². The van der Waals surface area contributed by atoms with Gasteiger partial charge < -0.3 is 4.74 Å². The molecule has 4 heteroatoms. The molecule has 1 aromatic rings. The largest absolute Gasteiger partial charge is 0.459 e. The number of ether oxygens (including phenoxy) is 1. The summed E-state index contributed by atoms with van der Waals surface area (Å²) in [5.41, 5.74) is 0.0693. The van der Waals surface area contributed by atoms with E-state index in [-0.39, 0.29) is 5.97 Å². The van der Waals surface area contributed by atoms with Crippen LogP contribution in [0.4, 0.5) is 0 Å². The number of hydrogen-bond acceptors (Lipinski definition) is 4. The first-order valence-electron chi connectivity index (χ1n) is 5.70. The van der Waals surface area contributed by atoms with Gasteiger partial charge in [0.25, 0.3) is 0 Å². The van der Waals surface area contributed by atoms with Crippen LogP contribution in [0.5, 0.6) is 0 Å². The van der Waals surface area contributed by atoms with Crippen LogP contribution in [0.25, 0.3) is 0 Å². The van der Waals surface area contributed by atoms with Crippen molar-refractivity contribution in [3.8, 4) is 0 Å². The van der Waals surface area contributed by atoms with E-state index in [4.69, 9.17) is 4.74 Å². The molecule has 0 radical (unpaired) electrons. The summed E-state index contributed by atoms with van der Waals surface area (Å²) in [4.78, 5) is 12.0. The molecule has 0 spiro atoms. The van der Waals surface area contributed by atoms with Gasteiger partial charge in [0.2, 0.25) is 0 Å². The van der Waals surface area contributed by atoms with E-state index in [1.165, 1.54) is 5.56 Å². The van der Waals surface area contributed by atoms with E-state index >= 15 is 0 Å². The van der Waals surface area contributed by atoms with Gasteiger partial charge in [-0.25, -0.2) is 0 Å². The number of nitrogens with one attached hydrogen (secondary N) is 1. The van der Waals surface area contributed by atoms with Crippen molar-refractivity contribution >= 4 is 17.3 Å². The third kappa shape index (κ3) is 4.88. The van der Waals surface area contributed by atoms with E-state index < -0.39 is 11.1 Å². The average Bonchev–Trinajstić information content (AvgIpc) is 2.64. The molecule has 0 atom stereocenters. The monoisotopic (exact) mass is 255 g/mol. The Hall–Kier alpha value is -0.870. The second-order valence-corrected chi connectivity index (χ2v) is 6.39. The zero-order chi connectivity index (χ0) is 13.1. The van der Waals surface area contributed by atoms with Crippen LogP contribution in [0.1, 0.15) is 40.2 Å². The van der Waals surface area contributed by atoms with Gasteiger partial charge in [0.1, 0.15) is 11.1 Å². The van der Waals surface area contributed by atoms with Crippen LogP contribution in [-0.2, 0) is 16.1 Å². The van der Waals surface area contributed by atoms with Gasteiger partial charge in [0.05, 0.1) is 0 Å². The summed E-state index contributed by atoms with van der Waals surface area (Å²) < 4.78 is 5.37. The summed E-state index contributed by atoms with van der Waals surface area (Å²) >= 11 is 1.65. The third-order valence-electron chi connectivity index (χ3n) is 2.22. The number of esters is 1. The second kappa shape index (κ2) is 5.19. The highest BCUT2D eigenvalue weighted by atomic mass is 32.1. The lowest BCUT2D eigenvalue weighted by Crippen LogP contribution is -2.49. The van der Waals surface area contributed by atoms with Crippen molar-refractivity contribution < 1.29 is 9.53 Å². The van der Waals surface area contributed by atoms with Gasteiger partial charge >= 0.3 is 5.97 Å². The highest BCUT2D eigenvalue weighted by Gasteiger charge is 2.31. The molecule has 3 nitrogen and oxygen atoms in total. The lowest BCUT2D eigenvalue weighted by atomic mass is 10.0. The van der Waals surface area contributed by atoms with Crippen molar-refractivity contribution in [3.05, 3.63) is 22.4 Å². The fraction of sp³-hybridized carbons (Fsp3) is 0.615. The summed E-state index contributed by atoms with van der Waals surface area (Å²) in [6.45, 7) is 9.98. The second-order valence-electron chi connectivity index (χ2n) is 5.61. The zero-order valence-electron chi connectivity index (χ0n) is 11.2. The number of carbonyl (C=O) groups is 1. The lowest BCUT2D eigenvalue weighted by Gasteiger charge is -2.29. The molecule has 0 bridgehead atoms. The maximum Gasteiger partial charge on any atom is 0.326 e. The van der Waals surface area contributed by atoms with E-state index in [0.717, 1.165) is 0 Å². The van der Waals surface area contributed by atoms with Crippen LogP contribution in [0.15, 0.2) is 16.8 Å². The predicted octanol–water partition coefficient (Wildman–Crippen LogP) is 2.96. The zero-order valence-corrected chi connectivity index (χ0v) is 12.0. The molecule has 0 aliphatic rings. The first kappa shape index (κ1) is 14.2. The Bertz CT molecular complexity index is 363. The van der Waals surface area contributed by atoms with Gasteiger partial charge in [-0.2, -0.15) is 11.3 Å². The molecular formula is C13H21NO2S. The molecular weight excluding hydrogens is 234 g/mol. The number of rotatable bonds is 4. The van der Waals surface area contributed by atoms with E-state index in [1.54, 1.807) is 11.3 Å². The molecule has 0 aliphatic carbocycles. The van der Waals surface area contributed by atoms with Gasteiger partial charge in [-0.05, 0) is 57.0 Å². The summed E-state index contributed by atoms with van der Waals surface area (Å²) in [6, 6.07) is 2.04. The van der Waals surface area contributed by atoms with Gasteiger partial charge in [0, 0.05) is 6.54 Å². The van der Waals surface area contributed by atoms with Crippen LogP contribution in [0.2, 0.25) is 0 Å². The fourth-order valence-electron chi connectivity index (χ4n) is 1.19. The van der Waals surface area contributed by atoms with Crippen molar-refractivity contribution in [2.24, 2.45) is 0 Å². The third-order valence-corrected chi connectivity index (χ3v) is 2.96. The van der Waals surface area contributed by atoms with Gasteiger partial charge in [-0.1, -0.05) is 0 Å². The quantitative estimate of drug-likeness (QED) is 0.841. The lowest BCUT2D eigenvalue weighted by molar-refractivity contribution is -0.161. The molecule has 0 saturated heterocycles. The maximum atomic E-state index is 12.0. The molecule has 1 N–H and O–H groups in total. The first-order valence-corrected chi connectivity index (χ1v) is 6.64. The van der Waals surface area contributed by atoms with Crippen molar-refractivity contribution in [2.75, 3.05) is 0 Å². The molecule has 0 saturated carbocycles. The molecule has 96 valence electrons. The van der Waals surface area contributed by atoms with Gasteiger partial charge in [-0.15, -0.1) is 0 Å². The molecule has 0 aliphatic heterocycles. The van der Waals surface area contributed by atoms with E-state index in [0.29, 0.717) is 6.54 Å². The molecule has 0 amide bonds. The number of hydrogen-bond donors (Lipinski definition) is 1. The standard InChI is InChI=1S/C13H21NO2S/c1-12(2,3)16-11(15)13(4,5)14-8-10-6-7-17-9-10/h6-7,9,14H,8H2,1-5H3. The van der Waals surface area contributed by atoms with Crippen LogP contribution in [-0.4, -0.2) is 17.1 Å². The Morgan fingerprint density at radius 3 is 2.47 bits per heavy atom. The Morgan fingerprint density at radius 2 is 2.00 bits per heavy atom. The Kier molecular flexibility index (Phi) is 4.33. The number of carbonyl (C=O) groups excluding carboxylic acids is 1. The molecule has 0 fully saturated rings. The average molecular weight is 255 g/mol. The molecule has 17 heavy (non-hydrogen) atoms. The fourth-order valence-corrected chi connectivity index (χ4v) is 1.86. The molecule has 0 unspecified atom stereocenters. The molecule has 1 rings (SSSR count). The summed E-state index contributed by atoms with van der Waals surface area (Å²) in [7, 11) is 0. The van der Waals surface area contributed by atoms with E-state index in [2.05, 4.69) is 10.7 Å². The van der Waals surface area contributed by atoms with E-state index in [9.17, 15) is 4.79 Å². The first-order chi connectivity index (χ1) is 7.71. The van der Waals surface area contributed by atoms with E-state index in [1.807, 2.05) is 46.1 Å². The predicted molar refractivity (Wildman–Crippen MR) is 71.1 cm³/mol. The molecule has 0 aromatic carbocycles. The van der Waals surface area contributed by atoms with Crippen LogP contribution < -0.4 is 5.32 Å². The topological polar surface area (TPSA) is 38.3 Å². The summed E-state index contributed by atoms with van der Waals surface area (Å²) in [5, 5.41) is 7.31. The smallest absolute Gasteiger partial charge is 0.326 e. The van der Waals surface area contributed by atoms with Crippen molar-refractivity contribution in [1.82, 2.24) is 5.32 Å². The summed E-state index contributed by atoms with van der Waals surface area (Å²) in [5.74, 6) is -0.222. The maximum absolute atomic E-state index is 12.0. The molecule has 1 aromatic heterocycles. The SMILES string of the molecule is CC(C)(C)OC(=O)C(C)(C)NCc1ccsc1. The highest BCUT2D eigenvalue weighted by Crippen LogP contribution is 2.15. The van der Waals surface area contributed by atoms with Crippen LogP contribution >= 0.6 is 11.3 Å². The molecule has 1 heterocycles.